The minimum atomic E-state index is -0.111. The number of nitrogens with one attached hydrogen (secondary N) is 1. The summed E-state index contributed by atoms with van der Waals surface area (Å²) >= 11 is 0. The molecule has 1 N–H and O–H groups in total. The van der Waals surface area contributed by atoms with Gasteiger partial charge < -0.3 is 14.6 Å². The van der Waals surface area contributed by atoms with Crippen molar-refractivity contribution in [2.24, 2.45) is 20.0 Å². The Morgan fingerprint density at radius 1 is 1.48 bits per heavy atom. The lowest BCUT2D eigenvalue weighted by Gasteiger charge is -2.18. The van der Waals surface area contributed by atoms with Crippen molar-refractivity contribution in [3.05, 3.63) is 36.2 Å². The molecule has 0 aliphatic carbocycles. The van der Waals surface area contributed by atoms with Crippen molar-refractivity contribution < 1.29 is 9.53 Å². The third kappa shape index (κ3) is 2.69. The molecule has 1 fully saturated rings. The maximum Gasteiger partial charge on any atom is 0.269 e. The van der Waals surface area contributed by atoms with Gasteiger partial charge in [0.2, 0.25) is 0 Å². The van der Waals surface area contributed by atoms with Gasteiger partial charge in [0.25, 0.3) is 5.91 Å². The Kier molecular flexibility index (Phi) is 3.74. The van der Waals surface area contributed by atoms with Crippen LogP contribution in [0.2, 0.25) is 0 Å². The largest absolute Gasteiger partial charge is 0.370 e. The number of aromatic nitrogens is 4. The van der Waals surface area contributed by atoms with Crippen molar-refractivity contribution in [2.75, 3.05) is 13.2 Å². The number of nitrogens with zero attached hydrogens (tertiary/aromatic N) is 4. The lowest BCUT2D eigenvalue weighted by atomic mass is 10.0. The molecule has 1 amide bonds. The number of imidazole rings is 1. The Bertz CT molecular complexity index is 633. The second kappa shape index (κ2) is 5.69. The Morgan fingerprint density at radius 3 is 3.00 bits per heavy atom. The summed E-state index contributed by atoms with van der Waals surface area (Å²) in [5.74, 6) is 1.04. The van der Waals surface area contributed by atoms with E-state index in [1.807, 2.05) is 17.8 Å². The summed E-state index contributed by atoms with van der Waals surface area (Å²) < 4.78 is 9.32. The van der Waals surface area contributed by atoms with Crippen LogP contribution in [0.3, 0.4) is 0 Å². The molecule has 0 saturated carbocycles. The molecule has 1 aliphatic heterocycles. The van der Waals surface area contributed by atoms with Gasteiger partial charge in [-0.3, -0.25) is 9.48 Å². The van der Waals surface area contributed by atoms with Crippen LogP contribution in [0.1, 0.15) is 28.8 Å². The van der Waals surface area contributed by atoms with Crippen molar-refractivity contribution in [1.82, 2.24) is 24.6 Å². The smallest absolute Gasteiger partial charge is 0.269 e. The van der Waals surface area contributed by atoms with Crippen LogP contribution in [0.25, 0.3) is 0 Å². The van der Waals surface area contributed by atoms with E-state index in [1.54, 1.807) is 30.2 Å². The fraction of sp³-hybridized carbons (Fsp3) is 0.500. The van der Waals surface area contributed by atoms with Gasteiger partial charge in [0.1, 0.15) is 17.6 Å². The SMILES string of the molecule is Cn1ccnc1[C@@H]1OCC[C@H]1CNC(=O)c1ccnn1C. The highest BCUT2D eigenvalue weighted by Crippen LogP contribution is 2.32. The van der Waals surface area contributed by atoms with E-state index in [9.17, 15) is 4.79 Å². The van der Waals surface area contributed by atoms with E-state index < -0.39 is 0 Å². The zero-order valence-electron chi connectivity index (χ0n) is 12.2. The summed E-state index contributed by atoms with van der Waals surface area (Å²) in [5.41, 5.74) is 0.558. The quantitative estimate of drug-likeness (QED) is 0.897. The first-order valence-corrected chi connectivity index (χ1v) is 7.02. The summed E-state index contributed by atoms with van der Waals surface area (Å²) in [6.07, 6.45) is 6.15. The van der Waals surface area contributed by atoms with Crippen molar-refractivity contribution in [1.29, 1.82) is 0 Å². The zero-order valence-corrected chi connectivity index (χ0v) is 12.2. The van der Waals surface area contributed by atoms with Gasteiger partial charge in [-0.25, -0.2) is 4.98 Å². The van der Waals surface area contributed by atoms with E-state index in [0.717, 1.165) is 12.2 Å². The Morgan fingerprint density at radius 2 is 2.33 bits per heavy atom. The van der Waals surface area contributed by atoms with Crippen molar-refractivity contribution >= 4 is 5.91 Å². The van der Waals surface area contributed by atoms with E-state index in [2.05, 4.69) is 15.4 Å². The molecule has 112 valence electrons. The van der Waals surface area contributed by atoms with Crippen LogP contribution in [0.15, 0.2) is 24.7 Å². The predicted octanol–water partition coefficient (Wildman–Crippen LogP) is 0.661. The van der Waals surface area contributed by atoms with Gasteiger partial charge in [0.05, 0.1) is 0 Å². The molecule has 7 nitrogen and oxygen atoms in total. The highest BCUT2D eigenvalue weighted by atomic mass is 16.5. The number of amides is 1. The van der Waals surface area contributed by atoms with Gasteiger partial charge in [-0.15, -0.1) is 0 Å². The molecular formula is C14H19N5O2. The number of hydrogen-bond donors (Lipinski definition) is 1. The number of rotatable bonds is 4. The third-order valence-corrected chi connectivity index (χ3v) is 3.91. The van der Waals surface area contributed by atoms with Crippen LogP contribution >= 0.6 is 0 Å². The van der Waals surface area contributed by atoms with Gasteiger partial charge in [-0.1, -0.05) is 0 Å². The van der Waals surface area contributed by atoms with Crippen molar-refractivity contribution in [2.45, 2.75) is 12.5 Å². The molecule has 2 aromatic heterocycles. The predicted molar refractivity (Wildman–Crippen MR) is 75.5 cm³/mol. The monoisotopic (exact) mass is 289 g/mol. The Balaban J connectivity index is 1.64. The molecule has 0 aromatic carbocycles. The van der Waals surface area contributed by atoms with Gasteiger partial charge in [-0.2, -0.15) is 5.10 Å². The van der Waals surface area contributed by atoms with E-state index in [1.165, 1.54) is 0 Å². The summed E-state index contributed by atoms with van der Waals surface area (Å²) in [6.45, 7) is 1.27. The second-order valence-electron chi connectivity index (χ2n) is 5.29. The first kappa shape index (κ1) is 13.8. The summed E-state index contributed by atoms with van der Waals surface area (Å²) in [7, 11) is 3.71. The second-order valence-corrected chi connectivity index (χ2v) is 5.29. The molecule has 0 spiro atoms. The fourth-order valence-corrected chi connectivity index (χ4v) is 2.69. The number of carbonyl (C=O) groups is 1. The highest BCUT2D eigenvalue weighted by molar-refractivity contribution is 5.92. The number of ether oxygens (including phenoxy) is 1. The van der Waals surface area contributed by atoms with Crippen LogP contribution in [0.4, 0.5) is 0 Å². The maximum atomic E-state index is 12.1. The zero-order chi connectivity index (χ0) is 14.8. The molecule has 1 saturated heterocycles. The average Bonchev–Trinajstić information content (AvgIpc) is 3.16. The molecule has 1 aliphatic rings. The molecule has 2 atom stereocenters. The molecule has 2 aromatic rings. The summed E-state index contributed by atoms with van der Waals surface area (Å²) in [4.78, 5) is 16.5. The standard InChI is InChI=1S/C14H19N5O2/c1-18-7-6-15-13(18)12-10(4-8-21-12)9-16-14(20)11-3-5-17-19(11)2/h3,5-7,10,12H,4,8-9H2,1-2H3,(H,16,20)/t10-,12+/m0/s1. The van der Waals surface area contributed by atoms with Crippen LogP contribution in [0, 0.1) is 5.92 Å². The fourth-order valence-electron chi connectivity index (χ4n) is 2.69. The Hall–Kier alpha value is -2.15. The minimum Gasteiger partial charge on any atom is -0.370 e. The lowest BCUT2D eigenvalue weighted by molar-refractivity contribution is 0.0777. The minimum absolute atomic E-state index is 0.0585. The number of hydrogen-bond acceptors (Lipinski definition) is 4. The molecule has 0 bridgehead atoms. The summed E-state index contributed by atoms with van der Waals surface area (Å²) in [5, 5.41) is 6.96. The molecule has 3 heterocycles. The molecule has 7 heteroatoms. The first-order valence-electron chi connectivity index (χ1n) is 7.02. The topological polar surface area (TPSA) is 74.0 Å². The van der Waals surface area contributed by atoms with Crippen LogP contribution in [-0.4, -0.2) is 38.4 Å². The molecule has 0 unspecified atom stereocenters. The first-order chi connectivity index (χ1) is 10.2. The van der Waals surface area contributed by atoms with E-state index in [0.29, 0.717) is 18.8 Å². The van der Waals surface area contributed by atoms with Crippen molar-refractivity contribution in [3.8, 4) is 0 Å². The van der Waals surface area contributed by atoms with Crippen LogP contribution in [0.5, 0.6) is 0 Å². The van der Waals surface area contributed by atoms with Crippen LogP contribution < -0.4 is 5.32 Å². The van der Waals surface area contributed by atoms with E-state index in [4.69, 9.17) is 4.74 Å². The molecule has 0 radical (unpaired) electrons. The third-order valence-electron chi connectivity index (χ3n) is 3.91. The van der Waals surface area contributed by atoms with Gasteiger partial charge >= 0.3 is 0 Å². The molecular weight excluding hydrogens is 270 g/mol. The Labute approximate surface area is 122 Å². The number of aryl methyl sites for hydroxylation is 2. The van der Waals surface area contributed by atoms with Gasteiger partial charge in [0, 0.05) is 51.8 Å². The maximum absolute atomic E-state index is 12.1. The van der Waals surface area contributed by atoms with Crippen LogP contribution in [-0.2, 0) is 18.8 Å². The average molecular weight is 289 g/mol. The molecule has 21 heavy (non-hydrogen) atoms. The highest BCUT2D eigenvalue weighted by Gasteiger charge is 2.32. The summed E-state index contributed by atoms with van der Waals surface area (Å²) in [6, 6.07) is 1.71. The van der Waals surface area contributed by atoms with E-state index >= 15 is 0 Å². The van der Waals surface area contributed by atoms with Gasteiger partial charge in [-0.05, 0) is 12.5 Å². The lowest BCUT2D eigenvalue weighted by Crippen LogP contribution is -2.32. The van der Waals surface area contributed by atoms with Gasteiger partial charge in [0.15, 0.2) is 0 Å². The van der Waals surface area contributed by atoms with E-state index in [-0.39, 0.29) is 17.9 Å². The number of carbonyl (C=O) groups excluding carboxylic acids is 1. The van der Waals surface area contributed by atoms with Crippen molar-refractivity contribution in [3.63, 3.8) is 0 Å². The normalized spacial score (nSPS) is 21.6. The molecule has 3 rings (SSSR count).